The summed E-state index contributed by atoms with van der Waals surface area (Å²) in [5, 5.41) is 7.66. The van der Waals surface area contributed by atoms with E-state index in [1.54, 1.807) is 0 Å². The van der Waals surface area contributed by atoms with E-state index in [0.29, 0.717) is 5.92 Å². The maximum Gasteiger partial charge on any atom is 0.0525 e. The topological polar surface area (TPSA) is 31.9 Å². The first kappa shape index (κ1) is 19.4. The SMILES string of the molecule is C=Cc1ccc(CN2CCC(c3[nH]ncc3Cc3ccccc3)CC2)cc1C=C. The van der Waals surface area contributed by atoms with Crippen LogP contribution in [0.2, 0.25) is 0 Å². The zero-order chi connectivity index (χ0) is 20.1. The van der Waals surface area contributed by atoms with E-state index < -0.39 is 0 Å². The Kier molecular flexibility index (Phi) is 6.06. The van der Waals surface area contributed by atoms with Gasteiger partial charge in [0.2, 0.25) is 0 Å². The number of nitrogens with zero attached hydrogens (tertiary/aromatic N) is 2. The molecule has 1 fully saturated rings. The molecule has 0 amide bonds. The van der Waals surface area contributed by atoms with Gasteiger partial charge in [-0.05, 0) is 59.8 Å². The van der Waals surface area contributed by atoms with Gasteiger partial charge in [0.1, 0.15) is 0 Å². The Morgan fingerprint density at radius 1 is 0.966 bits per heavy atom. The molecule has 2 aromatic carbocycles. The fourth-order valence-corrected chi connectivity index (χ4v) is 4.35. The molecule has 1 aromatic heterocycles. The average Bonchev–Trinajstić information content (AvgIpc) is 3.23. The van der Waals surface area contributed by atoms with Crippen molar-refractivity contribution in [1.82, 2.24) is 15.1 Å². The molecule has 3 heteroatoms. The summed E-state index contributed by atoms with van der Waals surface area (Å²) in [6.07, 6.45) is 9.11. The standard InChI is InChI=1S/C26H29N3/c1-3-22-11-10-21(17-23(22)4-2)19-29-14-12-24(13-15-29)26-25(18-27-28-26)16-20-8-6-5-7-9-20/h3-11,17-18,24H,1-2,12-16,19H2,(H,27,28). The number of piperidine rings is 1. The van der Waals surface area contributed by atoms with Crippen LogP contribution in [-0.2, 0) is 13.0 Å². The van der Waals surface area contributed by atoms with Gasteiger partial charge in [-0.3, -0.25) is 10.00 Å². The Morgan fingerprint density at radius 3 is 2.45 bits per heavy atom. The lowest BCUT2D eigenvalue weighted by atomic mass is 9.89. The highest BCUT2D eigenvalue weighted by Gasteiger charge is 2.24. The number of nitrogens with one attached hydrogen (secondary N) is 1. The molecule has 0 atom stereocenters. The van der Waals surface area contributed by atoms with Crippen molar-refractivity contribution in [2.24, 2.45) is 0 Å². The molecular formula is C26H29N3. The number of rotatable bonds is 7. The molecule has 0 saturated carbocycles. The van der Waals surface area contributed by atoms with Crippen molar-refractivity contribution in [3.63, 3.8) is 0 Å². The summed E-state index contributed by atoms with van der Waals surface area (Å²) in [7, 11) is 0. The molecule has 0 spiro atoms. The van der Waals surface area contributed by atoms with Crippen LogP contribution < -0.4 is 0 Å². The number of aromatic nitrogens is 2. The van der Waals surface area contributed by atoms with E-state index >= 15 is 0 Å². The van der Waals surface area contributed by atoms with E-state index in [2.05, 4.69) is 76.8 Å². The third-order valence-corrected chi connectivity index (χ3v) is 5.98. The maximum atomic E-state index is 4.36. The minimum atomic E-state index is 0.569. The van der Waals surface area contributed by atoms with Gasteiger partial charge in [0.25, 0.3) is 0 Å². The van der Waals surface area contributed by atoms with Gasteiger partial charge in [-0.1, -0.05) is 67.8 Å². The lowest BCUT2D eigenvalue weighted by molar-refractivity contribution is 0.203. The minimum absolute atomic E-state index is 0.569. The fraction of sp³-hybridized carbons (Fsp3) is 0.269. The summed E-state index contributed by atoms with van der Waals surface area (Å²) in [6.45, 7) is 11.0. The van der Waals surface area contributed by atoms with Crippen molar-refractivity contribution < 1.29 is 0 Å². The van der Waals surface area contributed by atoms with E-state index in [0.717, 1.165) is 37.2 Å². The van der Waals surface area contributed by atoms with Crippen LogP contribution in [0.3, 0.4) is 0 Å². The number of benzene rings is 2. The van der Waals surface area contributed by atoms with Crippen molar-refractivity contribution in [3.8, 4) is 0 Å². The molecule has 1 N–H and O–H groups in total. The van der Waals surface area contributed by atoms with Crippen molar-refractivity contribution in [2.75, 3.05) is 13.1 Å². The van der Waals surface area contributed by atoms with E-state index in [4.69, 9.17) is 0 Å². The van der Waals surface area contributed by atoms with Gasteiger partial charge in [0.15, 0.2) is 0 Å². The van der Waals surface area contributed by atoms with Gasteiger partial charge >= 0.3 is 0 Å². The molecule has 148 valence electrons. The fourth-order valence-electron chi connectivity index (χ4n) is 4.35. The number of likely N-dealkylation sites (tertiary alicyclic amines) is 1. The average molecular weight is 384 g/mol. The third-order valence-electron chi connectivity index (χ3n) is 5.98. The Balaban J connectivity index is 1.37. The van der Waals surface area contributed by atoms with Crippen molar-refractivity contribution in [2.45, 2.75) is 31.7 Å². The Hall–Kier alpha value is -2.91. The Morgan fingerprint density at radius 2 is 1.72 bits per heavy atom. The first-order valence-corrected chi connectivity index (χ1v) is 10.4. The van der Waals surface area contributed by atoms with Gasteiger partial charge in [-0.15, -0.1) is 0 Å². The lowest BCUT2D eigenvalue weighted by Crippen LogP contribution is -2.32. The molecule has 1 saturated heterocycles. The molecule has 1 aliphatic heterocycles. The lowest BCUT2D eigenvalue weighted by Gasteiger charge is -2.32. The largest absolute Gasteiger partial charge is 0.299 e. The highest BCUT2D eigenvalue weighted by molar-refractivity contribution is 5.64. The van der Waals surface area contributed by atoms with Crippen LogP contribution in [0.25, 0.3) is 12.2 Å². The summed E-state index contributed by atoms with van der Waals surface area (Å²) in [4.78, 5) is 2.56. The summed E-state index contributed by atoms with van der Waals surface area (Å²) >= 11 is 0. The van der Waals surface area contributed by atoms with E-state index in [1.165, 1.54) is 35.2 Å². The molecule has 0 bridgehead atoms. The van der Waals surface area contributed by atoms with Crippen LogP contribution >= 0.6 is 0 Å². The van der Waals surface area contributed by atoms with Crippen molar-refractivity contribution in [3.05, 3.63) is 101 Å². The predicted molar refractivity (Wildman–Crippen MR) is 122 cm³/mol. The van der Waals surface area contributed by atoms with Crippen molar-refractivity contribution >= 4 is 12.2 Å². The van der Waals surface area contributed by atoms with Gasteiger partial charge in [0, 0.05) is 24.6 Å². The summed E-state index contributed by atoms with van der Waals surface area (Å²) in [5.41, 5.74) is 7.66. The molecule has 4 rings (SSSR count). The van der Waals surface area contributed by atoms with Crippen LogP contribution in [0.5, 0.6) is 0 Å². The smallest absolute Gasteiger partial charge is 0.0525 e. The Bertz CT molecular complexity index is 963. The molecule has 2 heterocycles. The number of hydrogen-bond acceptors (Lipinski definition) is 2. The van der Waals surface area contributed by atoms with Gasteiger partial charge < -0.3 is 0 Å². The van der Waals surface area contributed by atoms with Crippen LogP contribution in [-0.4, -0.2) is 28.2 Å². The first-order valence-electron chi connectivity index (χ1n) is 10.4. The molecule has 0 aliphatic carbocycles. The van der Waals surface area contributed by atoms with Gasteiger partial charge in [-0.25, -0.2) is 0 Å². The monoisotopic (exact) mass is 383 g/mol. The molecule has 29 heavy (non-hydrogen) atoms. The van der Waals surface area contributed by atoms with Gasteiger partial charge in [-0.2, -0.15) is 5.10 Å². The predicted octanol–water partition coefficient (Wildman–Crippen LogP) is 5.67. The number of H-pyrrole nitrogens is 1. The second kappa shape index (κ2) is 9.06. The van der Waals surface area contributed by atoms with Crippen LogP contribution in [0.15, 0.2) is 67.9 Å². The van der Waals surface area contributed by atoms with E-state index in [9.17, 15) is 0 Å². The second-order valence-corrected chi connectivity index (χ2v) is 7.89. The second-order valence-electron chi connectivity index (χ2n) is 7.89. The molecule has 0 radical (unpaired) electrons. The van der Waals surface area contributed by atoms with Crippen molar-refractivity contribution in [1.29, 1.82) is 0 Å². The molecule has 3 nitrogen and oxygen atoms in total. The Labute approximate surface area is 173 Å². The van der Waals surface area contributed by atoms with E-state index in [-0.39, 0.29) is 0 Å². The van der Waals surface area contributed by atoms with Gasteiger partial charge in [0.05, 0.1) is 6.20 Å². The van der Waals surface area contributed by atoms with E-state index in [1.807, 2.05) is 18.3 Å². The highest BCUT2D eigenvalue weighted by atomic mass is 15.1. The molecule has 0 unspecified atom stereocenters. The summed E-state index contributed by atoms with van der Waals surface area (Å²) < 4.78 is 0. The summed E-state index contributed by atoms with van der Waals surface area (Å²) in [6, 6.07) is 17.2. The maximum absolute atomic E-state index is 4.36. The van der Waals surface area contributed by atoms with Crippen LogP contribution in [0, 0.1) is 0 Å². The third kappa shape index (κ3) is 4.57. The normalized spacial score (nSPS) is 15.3. The minimum Gasteiger partial charge on any atom is -0.299 e. The molecule has 1 aliphatic rings. The quantitative estimate of drug-likeness (QED) is 0.570. The highest BCUT2D eigenvalue weighted by Crippen LogP contribution is 2.30. The molecular weight excluding hydrogens is 354 g/mol. The zero-order valence-electron chi connectivity index (χ0n) is 17.0. The molecule has 3 aromatic rings. The summed E-state index contributed by atoms with van der Waals surface area (Å²) in [5.74, 6) is 0.569. The number of aromatic amines is 1. The van der Waals surface area contributed by atoms with Crippen LogP contribution in [0.4, 0.5) is 0 Å². The number of hydrogen-bond donors (Lipinski definition) is 1. The first-order chi connectivity index (χ1) is 14.3. The zero-order valence-corrected chi connectivity index (χ0v) is 17.0. The van der Waals surface area contributed by atoms with Crippen LogP contribution in [0.1, 0.15) is 52.3 Å².